The minimum Gasteiger partial charge on any atom is -0.332 e. The van der Waals surface area contributed by atoms with Crippen LogP contribution in [0.4, 0.5) is 0 Å². The number of amides is 1. The van der Waals surface area contributed by atoms with E-state index >= 15 is 0 Å². The molecule has 0 spiro atoms. The molecule has 1 atom stereocenters. The second-order valence-electron chi connectivity index (χ2n) is 5.57. The predicted octanol–water partition coefficient (Wildman–Crippen LogP) is 3.13. The number of hydrogen-bond acceptors (Lipinski definition) is 2. The number of carbonyl (C=O) groups excluding carboxylic acids is 1. The highest BCUT2D eigenvalue weighted by atomic mass is 79.9. The SMILES string of the molecule is Cn1ccc(C(=O)N2CCCC2c2ccc(Br)cc2)cc1=O. The van der Waals surface area contributed by atoms with Crippen LogP contribution in [0.5, 0.6) is 0 Å². The van der Waals surface area contributed by atoms with E-state index in [0.717, 1.165) is 29.4 Å². The lowest BCUT2D eigenvalue weighted by Gasteiger charge is -2.25. The third-order valence-corrected chi connectivity index (χ3v) is 4.65. The van der Waals surface area contributed by atoms with Gasteiger partial charge in [-0.15, -0.1) is 0 Å². The van der Waals surface area contributed by atoms with Crippen molar-refractivity contribution in [3.05, 3.63) is 68.5 Å². The Morgan fingerprint density at radius 3 is 2.64 bits per heavy atom. The minimum absolute atomic E-state index is 0.0666. The number of benzene rings is 1. The molecule has 1 fully saturated rings. The van der Waals surface area contributed by atoms with Crippen molar-refractivity contribution in [1.82, 2.24) is 9.47 Å². The van der Waals surface area contributed by atoms with E-state index < -0.39 is 0 Å². The summed E-state index contributed by atoms with van der Waals surface area (Å²) in [6.07, 6.45) is 3.58. The summed E-state index contributed by atoms with van der Waals surface area (Å²) in [7, 11) is 1.68. The molecule has 22 heavy (non-hydrogen) atoms. The first-order valence-electron chi connectivity index (χ1n) is 7.29. The summed E-state index contributed by atoms with van der Waals surface area (Å²) in [6, 6.07) is 11.3. The van der Waals surface area contributed by atoms with Gasteiger partial charge >= 0.3 is 0 Å². The summed E-state index contributed by atoms with van der Waals surface area (Å²) in [5, 5.41) is 0. The first kappa shape index (κ1) is 15.0. The number of aromatic nitrogens is 1. The Bertz CT molecular complexity index is 752. The van der Waals surface area contributed by atoms with Gasteiger partial charge in [-0.2, -0.15) is 0 Å². The minimum atomic E-state index is -0.162. The van der Waals surface area contributed by atoms with Gasteiger partial charge in [-0.05, 0) is 36.6 Å². The summed E-state index contributed by atoms with van der Waals surface area (Å²) in [5.74, 6) is -0.0666. The van der Waals surface area contributed by atoms with Gasteiger partial charge in [0.25, 0.3) is 11.5 Å². The van der Waals surface area contributed by atoms with Gasteiger partial charge in [0.2, 0.25) is 0 Å². The van der Waals surface area contributed by atoms with Gasteiger partial charge in [0.05, 0.1) is 6.04 Å². The van der Waals surface area contributed by atoms with Gasteiger partial charge in [-0.3, -0.25) is 9.59 Å². The molecule has 114 valence electrons. The maximum atomic E-state index is 12.7. The van der Waals surface area contributed by atoms with Crippen molar-refractivity contribution in [2.75, 3.05) is 6.54 Å². The van der Waals surface area contributed by atoms with Crippen LogP contribution in [0.15, 0.2) is 51.9 Å². The third kappa shape index (κ3) is 2.86. The van der Waals surface area contributed by atoms with Gasteiger partial charge in [0.1, 0.15) is 0 Å². The molecular formula is C17H17BrN2O2. The van der Waals surface area contributed by atoms with Crippen molar-refractivity contribution in [2.24, 2.45) is 7.05 Å². The molecule has 0 saturated carbocycles. The largest absolute Gasteiger partial charge is 0.332 e. The van der Waals surface area contributed by atoms with Crippen molar-refractivity contribution in [2.45, 2.75) is 18.9 Å². The summed E-state index contributed by atoms with van der Waals surface area (Å²) in [6.45, 7) is 0.731. The van der Waals surface area contributed by atoms with Gasteiger partial charge in [0.15, 0.2) is 0 Å². The van der Waals surface area contributed by atoms with E-state index in [0.29, 0.717) is 5.56 Å². The van der Waals surface area contributed by atoms with E-state index in [1.807, 2.05) is 29.2 Å². The number of likely N-dealkylation sites (tertiary alicyclic amines) is 1. The fourth-order valence-corrected chi connectivity index (χ4v) is 3.15. The second kappa shape index (κ2) is 6.08. The molecule has 1 saturated heterocycles. The Hall–Kier alpha value is -1.88. The number of hydrogen-bond donors (Lipinski definition) is 0. The molecule has 4 nitrogen and oxygen atoms in total. The van der Waals surface area contributed by atoms with E-state index in [4.69, 9.17) is 0 Å². The number of rotatable bonds is 2. The normalized spacial score (nSPS) is 17.7. The van der Waals surface area contributed by atoms with Crippen LogP contribution < -0.4 is 5.56 Å². The molecule has 1 aliphatic rings. The van der Waals surface area contributed by atoms with Crippen LogP contribution in [0.25, 0.3) is 0 Å². The summed E-state index contributed by atoms with van der Waals surface area (Å²) in [5.41, 5.74) is 1.44. The quantitative estimate of drug-likeness (QED) is 0.825. The molecule has 0 radical (unpaired) electrons. The summed E-state index contributed by atoms with van der Waals surface area (Å²) < 4.78 is 2.49. The molecule has 2 heterocycles. The molecule has 1 unspecified atom stereocenters. The van der Waals surface area contributed by atoms with Gasteiger partial charge in [0, 0.05) is 35.9 Å². The van der Waals surface area contributed by atoms with Gasteiger partial charge in [-0.25, -0.2) is 0 Å². The Morgan fingerprint density at radius 2 is 1.95 bits per heavy atom. The highest BCUT2D eigenvalue weighted by molar-refractivity contribution is 9.10. The van der Waals surface area contributed by atoms with E-state index in [-0.39, 0.29) is 17.5 Å². The van der Waals surface area contributed by atoms with Crippen molar-refractivity contribution < 1.29 is 4.79 Å². The number of aryl methyl sites for hydroxylation is 1. The molecule has 5 heteroatoms. The van der Waals surface area contributed by atoms with Crippen molar-refractivity contribution >= 4 is 21.8 Å². The van der Waals surface area contributed by atoms with Crippen LogP contribution >= 0.6 is 15.9 Å². The smallest absolute Gasteiger partial charge is 0.254 e. The lowest BCUT2D eigenvalue weighted by atomic mass is 10.0. The number of carbonyl (C=O) groups is 1. The molecule has 3 rings (SSSR count). The standard InChI is InChI=1S/C17H17BrN2O2/c1-19-10-8-13(11-16(19)21)17(22)20-9-2-3-15(20)12-4-6-14(18)7-5-12/h4-8,10-11,15H,2-3,9H2,1H3. The zero-order chi connectivity index (χ0) is 15.7. The zero-order valence-corrected chi connectivity index (χ0v) is 13.9. The first-order chi connectivity index (χ1) is 10.6. The maximum absolute atomic E-state index is 12.7. The fraction of sp³-hybridized carbons (Fsp3) is 0.294. The Balaban J connectivity index is 1.89. The predicted molar refractivity (Wildman–Crippen MR) is 88.8 cm³/mol. The monoisotopic (exact) mass is 360 g/mol. The highest BCUT2D eigenvalue weighted by Crippen LogP contribution is 2.33. The number of nitrogens with zero attached hydrogens (tertiary/aromatic N) is 2. The van der Waals surface area contributed by atoms with Crippen LogP contribution in [0.1, 0.15) is 34.8 Å². The van der Waals surface area contributed by atoms with Crippen LogP contribution in [0.2, 0.25) is 0 Å². The Labute approximate surface area is 137 Å². The lowest BCUT2D eigenvalue weighted by Crippen LogP contribution is -2.31. The van der Waals surface area contributed by atoms with Crippen LogP contribution in [-0.2, 0) is 7.05 Å². The molecular weight excluding hydrogens is 344 g/mol. The molecule has 1 aromatic heterocycles. The highest BCUT2D eigenvalue weighted by Gasteiger charge is 2.30. The topological polar surface area (TPSA) is 42.3 Å². The van der Waals surface area contributed by atoms with Crippen molar-refractivity contribution in [3.8, 4) is 0 Å². The Kier molecular flexibility index (Phi) is 4.16. The average Bonchev–Trinajstić information content (AvgIpc) is 2.99. The van der Waals surface area contributed by atoms with Gasteiger partial charge < -0.3 is 9.47 Å². The average molecular weight is 361 g/mol. The summed E-state index contributed by atoms with van der Waals surface area (Å²) >= 11 is 3.43. The van der Waals surface area contributed by atoms with Crippen LogP contribution in [0.3, 0.4) is 0 Å². The molecule has 0 aliphatic carbocycles. The van der Waals surface area contributed by atoms with Crippen LogP contribution in [0, 0.1) is 0 Å². The molecule has 0 N–H and O–H groups in total. The third-order valence-electron chi connectivity index (χ3n) is 4.12. The molecule has 1 aromatic carbocycles. The van der Waals surface area contributed by atoms with Crippen molar-refractivity contribution in [3.63, 3.8) is 0 Å². The molecule has 2 aromatic rings. The molecule has 0 bridgehead atoms. The van der Waals surface area contributed by atoms with E-state index in [2.05, 4.69) is 15.9 Å². The molecule has 1 aliphatic heterocycles. The molecule has 1 amide bonds. The van der Waals surface area contributed by atoms with E-state index in [9.17, 15) is 9.59 Å². The number of halogens is 1. The summed E-state index contributed by atoms with van der Waals surface area (Å²) in [4.78, 5) is 26.3. The maximum Gasteiger partial charge on any atom is 0.254 e. The fourth-order valence-electron chi connectivity index (χ4n) is 2.89. The van der Waals surface area contributed by atoms with Crippen LogP contribution in [-0.4, -0.2) is 21.9 Å². The van der Waals surface area contributed by atoms with Crippen molar-refractivity contribution in [1.29, 1.82) is 0 Å². The first-order valence-corrected chi connectivity index (χ1v) is 8.08. The zero-order valence-electron chi connectivity index (χ0n) is 12.3. The van der Waals surface area contributed by atoms with Gasteiger partial charge in [-0.1, -0.05) is 28.1 Å². The Morgan fingerprint density at radius 1 is 1.23 bits per heavy atom. The van der Waals surface area contributed by atoms with E-state index in [1.54, 1.807) is 19.3 Å². The number of pyridine rings is 1. The lowest BCUT2D eigenvalue weighted by molar-refractivity contribution is 0.0735. The van der Waals surface area contributed by atoms with E-state index in [1.165, 1.54) is 10.6 Å². The second-order valence-corrected chi connectivity index (χ2v) is 6.49.